The molecule has 2 aromatic carbocycles. The van der Waals surface area contributed by atoms with E-state index in [2.05, 4.69) is 38.1 Å². The molecule has 132 valence electrons. The van der Waals surface area contributed by atoms with Crippen LogP contribution in [-0.2, 0) is 9.47 Å². The van der Waals surface area contributed by atoms with Crippen LogP contribution in [0.25, 0.3) is 0 Å². The van der Waals surface area contributed by atoms with Crippen molar-refractivity contribution >= 4 is 5.78 Å². The topological polar surface area (TPSA) is 35.5 Å². The van der Waals surface area contributed by atoms with Crippen molar-refractivity contribution in [2.45, 2.75) is 45.0 Å². The number of carbonyl (C=O) groups excluding carboxylic acids is 1. The molecular formula is C22H26O3. The van der Waals surface area contributed by atoms with Crippen LogP contribution >= 0.6 is 0 Å². The smallest absolute Gasteiger partial charge is 0.163 e. The van der Waals surface area contributed by atoms with E-state index in [9.17, 15) is 4.79 Å². The van der Waals surface area contributed by atoms with E-state index in [0.717, 1.165) is 12.0 Å². The minimum Gasteiger partial charge on any atom is -0.350 e. The Morgan fingerprint density at radius 1 is 1.04 bits per heavy atom. The number of benzene rings is 2. The lowest BCUT2D eigenvalue weighted by Crippen LogP contribution is -2.24. The van der Waals surface area contributed by atoms with Crippen LogP contribution in [0.5, 0.6) is 0 Å². The minimum atomic E-state index is -0.186. The fourth-order valence-electron chi connectivity index (χ4n) is 3.27. The molecule has 0 radical (unpaired) electrons. The Morgan fingerprint density at radius 3 is 2.36 bits per heavy atom. The molecule has 0 spiro atoms. The summed E-state index contributed by atoms with van der Waals surface area (Å²) in [4.78, 5) is 12.4. The maximum absolute atomic E-state index is 12.4. The molecule has 3 rings (SSSR count). The largest absolute Gasteiger partial charge is 0.350 e. The quantitative estimate of drug-likeness (QED) is 0.678. The van der Waals surface area contributed by atoms with Crippen molar-refractivity contribution in [1.82, 2.24) is 0 Å². The lowest BCUT2D eigenvalue weighted by molar-refractivity contribution is -0.0727. The predicted molar refractivity (Wildman–Crippen MR) is 98.6 cm³/mol. The first-order chi connectivity index (χ1) is 12.1. The van der Waals surface area contributed by atoms with Gasteiger partial charge < -0.3 is 9.47 Å². The molecule has 1 aliphatic rings. The standard InChI is InChI=1S/C22H26O3/c1-16(18-9-5-3-6-10-18)14-22-24-15-21(25-22)17(2)13-20(23)19-11-7-4-8-12-19/h3-12,16-17,21-22H,13-15H2,1-2H3. The third-order valence-electron chi connectivity index (χ3n) is 4.93. The maximum atomic E-state index is 12.4. The van der Waals surface area contributed by atoms with E-state index in [-0.39, 0.29) is 24.1 Å². The lowest BCUT2D eigenvalue weighted by Gasteiger charge is -2.19. The molecule has 0 N–H and O–H groups in total. The van der Waals surface area contributed by atoms with E-state index < -0.39 is 0 Å². The summed E-state index contributed by atoms with van der Waals surface area (Å²) < 4.78 is 11.9. The van der Waals surface area contributed by atoms with Crippen molar-refractivity contribution in [3.8, 4) is 0 Å². The monoisotopic (exact) mass is 338 g/mol. The zero-order chi connectivity index (χ0) is 17.6. The van der Waals surface area contributed by atoms with Crippen LogP contribution < -0.4 is 0 Å². The first kappa shape index (κ1) is 17.8. The number of Topliss-reactive ketones (excluding diaryl/α,β-unsaturated/α-hetero) is 1. The molecule has 1 aliphatic heterocycles. The van der Waals surface area contributed by atoms with Crippen LogP contribution in [0.15, 0.2) is 60.7 Å². The highest BCUT2D eigenvalue weighted by Gasteiger charge is 2.32. The normalized spacial score (nSPS) is 22.5. The fraction of sp³-hybridized carbons (Fsp3) is 0.409. The Hall–Kier alpha value is -1.97. The average Bonchev–Trinajstić information content (AvgIpc) is 3.12. The summed E-state index contributed by atoms with van der Waals surface area (Å²) in [6.45, 7) is 4.82. The van der Waals surface area contributed by atoms with Gasteiger partial charge >= 0.3 is 0 Å². The van der Waals surface area contributed by atoms with Gasteiger partial charge in [0.2, 0.25) is 0 Å². The molecule has 25 heavy (non-hydrogen) atoms. The van der Waals surface area contributed by atoms with E-state index in [1.165, 1.54) is 5.56 Å². The van der Waals surface area contributed by atoms with Crippen molar-refractivity contribution in [3.05, 3.63) is 71.8 Å². The zero-order valence-corrected chi connectivity index (χ0v) is 14.9. The Kier molecular flexibility index (Phi) is 6.00. The molecule has 3 heteroatoms. The molecule has 0 saturated carbocycles. The minimum absolute atomic E-state index is 0.0133. The summed E-state index contributed by atoms with van der Waals surface area (Å²) in [7, 11) is 0. The number of rotatable bonds is 7. The molecule has 1 saturated heterocycles. The van der Waals surface area contributed by atoms with Gasteiger partial charge in [-0.3, -0.25) is 4.79 Å². The van der Waals surface area contributed by atoms with Crippen LogP contribution in [0.1, 0.15) is 48.5 Å². The second kappa shape index (κ2) is 8.41. The van der Waals surface area contributed by atoms with Gasteiger partial charge in [-0.15, -0.1) is 0 Å². The molecule has 1 heterocycles. The second-order valence-electron chi connectivity index (χ2n) is 6.96. The van der Waals surface area contributed by atoms with Gasteiger partial charge in [-0.05, 0) is 17.4 Å². The fourth-order valence-corrected chi connectivity index (χ4v) is 3.27. The summed E-state index contributed by atoms with van der Waals surface area (Å²) in [5.74, 6) is 0.689. The molecule has 0 aromatic heterocycles. The summed E-state index contributed by atoms with van der Waals surface area (Å²) in [5, 5.41) is 0. The SMILES string of the molecule is CC(CC1OCC(C(C)CC(=O)c2ccccc2)O1)c1ccccc1. The Morgan fingerprint density at radius 2 is 1.68 bits per heavy atom. The van der Waals surface area contributed by atoms with Gasteiger partial charge in [0.15, 0.2) is 12.1 Å². The van der Waals surface area contributed by atoms with E-state index in [0.29, 0.717) is 18.9 Å². The molecule has 4 atom stereocenters. The van der Waals surface area contributed by atoms with Crippen molar-refractivity contribution < 1.29 is 14.3 Å². The average molecular weight is 338 g/mol. The van der Waals surface area contributed by atoms with Gasteiger partial charge in [-0.2, -0.15) is 0 Å². The lowest BCUT2D eigenvalue weighted by atomic mass is 9.95. The van der Waals surface area contributed by atoms with Crippen LogP contribution in [-0.4, -0.2) is 24.8 Å². The van der Waals surface area contributed by atoms with Crippen molar-refractivity contribution in [3.63, 3.8) is 0 Å². The van der Waals surface area contributed by atoms with Gasteiger partial charge in [0, 0.05) is 18.4 Å². The molecule has 1 fully saturated rings. The zero-order valence-electron chi connectivity index (χ0n) is 14.9. The summed E-state index contributed by atoms with van der Waals surface area (Å²) in [6.07, 6.45) is 1.12. The summed E-state index contributed by atoms with van der Waals surface area (Å²) in [6, 6.07) is 19.9. The summed E-state index contributed by atoms with van der Waals surface area (Å²) >= 11 is 0. The number of hydrogen-bond acceptors (Lipinski definition) is 3. The van der Waals surface area contributed by atoms with Crippen LogP contribution in [0.3, 0.4) is 0 Å². The molecule has 0 bridgehead atoms. The Bertz CT molecular complexity index is 668. The highest BCUT2D eigenvalue weighted by molar-refractivity contribution is 5.96. The van der Waals surface area contributed by atoms with Gasteiger partial charge in [-0.25, -0.2) is 0 Å². The predicted octanol–water partition coefficient (Wildman–Crippen LogP) is 4.83. The maximum Gasteiger partial charge on any atom is 0.163 e. The highest BCUT2D eigenvalue weighted by Crippen LogP contribution is 2.29. The van der Waals surface area contributed by atoms with E-state index in [1.54, 1.807) is 0 Å². The molecule has 0 amide bonds. The molecular weight excluding hydrogens is 312 g/mol. The molecule has 0 aliphatic carbocycles. The second-order valence-corrected chi connectivity index (χ2v) is 6.96. The summed E-state index contributed by atoms with van der Waals surface area (Å²) in [5.41, 5.74) is 2.06. The molecule has 2 aromatic rings. The third-order valence-corrected chi connectivity index (χ3v) is 4.93. The highest BCUT2D eigenvalue weighted by atomic mass is 16.7. The number of ether oxygens (including phenoxy) is 2. The number of carbonyl (C=O) groups is 1. The van der Waals surface area contributed by atoms with E-state index in [1.807, 2.05) is 36.4 Å². The number of ketones is 1. The van der Waals surface area contributed by atoms with Gasteiger partial charge in [-0.1, -0.05) is 74.5 Å². The third kappa shape index (κ3) is 4.77. The molecule has 4 unspecified atom stereocenters. The molecule has 3 nitrogen and oxygen atoms in total. The van der Waals surface area contributed by atoms with Crippen molar-refractivity contribution in [2.24, 2.45) is 5.92 Å². The van der Waals surface area contributed by atoms with Crippen molar-refractivity contribution in [2.75, 3.05) is 6.61 Å². The first-order valence-electron chi connectivity index (χ1n) is 9.03. The van der Waals surface area contributed by atoms with E-state index in [4.69, 9.17) is 9.47 Å². The van der Waals surface area contributed by atoms with Crippen LogP contribution in [0.4, 0.5) is 0 Å². The van der Waals surface area contributed by atoms with E-state index >= 15 is 0 Å². The van der Waals surface area contributed by atoms with Gasteiger partial charge in [0.1, 0.15) is 0 Å². The first-order valence-corrected chi connectivity index (χ1v) is 9.03. The Labute approximate surface area is 150 Å². The van der Waals surface area contributed by atoms with Crippen LogP contribution in [0, 0.1) is 5.92 Å². The van der Waals surface area contributed by atoms with Gasteiger partial charge in [0.25, 0.3) is 0 Å². The van der Waals surface area contributed by atoms with Crippen molar-refractivity contribution in [1.29, 1.82) is 0 Å². The van der Waals surface area contributed by atoms with Gasteiger partial charge in [0.05, 0.1) is 12.7 Å². The van der Waals surface area contributed by atoms with Crippen LogP contribution in [0.2, 0.25) is 0 Å². The number of hydrogen-bond donors (Lipinski definition) is 0. The Balaban J connectivity index is 1.49.